The van der Waals surface area contributed by atoms with Crippen LogP contribution in [0, 0.1) is 23.6 Å². The molecule has 1 aromatic carbocycles. The molecule has 0 amide bonds. The number of fused-ring (bicyclic) bond motifs is 1. The first-order valence-electron chi connectivity index (χ1n) is 10.9. The van der Waals surface area contributed by atoms with Gasteiger partial charge in [-0.25, -0.2) is 4.39 Å². The van der Waals surface area contributed by atoms with Crippen LogP contribution in [0.3, 0.4) is 0 Å². The highest BCUT2D eigenvalue weighted by Crippen LogP contribution is 2.38. The van der Waals surface area contributed by atoms with Gasteiger partial charge in [-0.15, -0.1) is 10.2 Å². The Balaban J connectivity index is 0.000000145. The lowest BCUT2D eigenvalue weighted by Crippen LogP contribution is -2.31. The summed E-state index contributed by atoms with van der Waals surface area (Å²) in [6, 6.07) is 7.40. The van der Waals surface area contributed by atoms with Crippen molar-refractivity contribution in [2.24, 2.45) is 17.8 Å². The van der Waals surface area contributed by atoms with E-state index >= 15 is 0 Å². The number of anilines is 1. The molecule has 2 N–H and O–H groups in total. The maximum Gasteiger partial charge on any atom is 0.146 e. The van der Waals surface area contributed by atoms with Gasteiger partial charge in [-0.1, -0.05) is 18.0 Å². The van der Waals surface area contributed by atoms with Gasteiger partial charge >= 0.3 is 0 Å². The molecule has 2 saturated heterocycles. The molecule has 2 atom stereocenters. The smallest absolute Gasteiger partial charge is 0.146 e. The highest BCUT2D eigenvalue weighted by atomic mass is 35.5. The first-order valence-corrected chi connectivity index (χ1v) is 11.3. The van der Waals surface area contributed by atoms with Crippen molar-refractivity contribution < 1.29 is 9.13 Å². The first-order chi connectivity index (χ1) is 14.6. The lowest BCUT2D eigenvalue weighted by Gasteiger charge is -2.27. The predicted octanol–water partition coefficient (Wildman–Crippen LogP) is 4.66. The lowest BCUT2D eigenvalue weighted by atomic mass is 10.00. The number of hydrogen-bond donors (Lipinski definition) is 1. The van der Waals surface area contributed by atoms with Crippen molar-refractivity contribution in [2.75, 3.05) is 38.6 Å². The summed E-state index contributed by atoms with van der Waals surface area (Å²) in [4.78, 5) is 2.74. The zero-order chi connectivity index (χ0) is 20.9. The van der Waals surface area contributed by atoms with E-state index in [1.165, 1.54) is 63.9 Å². The van der Waals surface area contributed by atoms with Crippen LogP contribution in [0.25, 0.3) is 11.3 Å². The Morgan fingerprint density at radius 1 is 1.03 bits per heavy atom. The summed E-state index contributed by atoms with van der Waals surface area (Å²) in [6.45, 7) is 6.18. The number of benzene rings is 1. The number of aromatic nitrogens is 2. The fourth-order valence-electron chi connectivity index (χ4n) is 4.96. The van der Waals surface area contributed by atoms with Crippen LogP contribution in [-0.4, -0.2) is 47.9 Å². The zero-order valence-corrected chi connectivity index (χ0v) is 18.0. The molecule has 3 heterocycles. The minimum Gasteiger partial charge on any atom is -0.382 e. The van der Waals surface area contributed by atoms with Crippen molar-refractivity contribution >= 4 is 17.4 Å². The van der Waals surface area contributed by atoms with Crippen molar-refractivity contribution in [3.05, 3.63) is 41.2 Å². The van der Waals surface area contributed by atoms with Crippen LogP contribution in [0.15, 0.2) is 30.3 Å². The van der Waals surface area contributed by atoms with Gasteiger partial charge < -0.3 is 15.4 Å². The van der Waals surface area contributed by atoms with Crippen LogP contribution in [0.4, 0.5) is 10.2 Å². The average Bonchev–Trinajstić information content (AvgIpc) is 3.32. The Bertz CT molecular complexity index is 816. The second-order valence-electron chi connectivity index (χ2n) is 8.69. The maximum atomic E-state index is 12.8. The summed E-state index contributed by atoms with van der Waals surface area (Å²) in [5.41, 5.74) is 6.59. The highest BCUT2D eigenvalue weighted by molar-refractivity contribution is 6.33. The second-order valence-corrected chi connectivity index (χ2v) is 9.10. The van der Waals surface area contributed by atoms with Crippen molar-refractivity contribution in [1.29, 1.82) is 0 Å². The second kappa shape index (κ2) is 10.0. The van der Waals surface area contributed by atoms with Crippen molar-refractivity contribution in [3.8, 4) is 11.3 Å². The Hall–Kier alpha value is -1.76. The molecule has 2 aromatic rings. The molecule has 162 valence electrons. The van der Waals surface area contributed by atoms with E-state index in [1.807, 2.05) is 0 Å². The number of nitrogens with two attached hydrogens (primary N) is 1. The SMILES string of the molecule is C1C[C@@H]2CN(CC3CCOCC3)C[C@@H]2C1.Nc1ccc(-c2ccc(F)cc2Cl)nn1. The average molecular weight is 433 g/mol. The van der Waals surface area contributed by atoms with E-state index in [2.05, 4.69) is 15.1 Å². The molecule has 1 saturated carbocycles. The summed E-state index contributed by atoms with van der Waals surface area (Å²) < 4.78 is 18.2. The van der Waals surface area contributed by atoms with Crippen LogP contribution in [0.5, 0.6) is 0 Å². The standard InChI is InChI=1S/C13H23NO.C10H7ClFN3/c1-2-12-9-14(10-13(12)3-1)8-11-4-6-15-7-5-11;11-8-5-6(12)1-2-7(8)9-3-4-10(13)15-14-9/h11-13H,1-10H2;1-5H,(H2,13,15)/t12-,13+;. The summed E-state index contributed by atoms with van der Waals surface area (Å²) in [5, 5.41) is 7.85. The van der Waals surface area contributed by atoms with Crippen LogP contribution >= 0.6 is 11.6 Å². The largest absolute Gasteiger partial charge is 0.382 e. The number of hydrogen-bond acceptors (Lipinski definition) is 5. The zero-order valence-electron chi connectivity index (χ0n) is 17.3. The molecule has 7 heteroatoms. The van der Waals surface area contributed by atoms with Crippen molar-refractivity contribution in [2.45, 2.75) is 32.1 Å². The molecule has 30 heavy (non-hydrogen) atoms. The van der Waals surface area contributed by atoms with Gasteiger partial charge in [0.1, 0.15) is 11.6 Å². The van der Waals surface area contributed by atoms with Crippen molar-refractivity contribution in [1.82, 2.24) is 15.1 Å². The summed E-state index contributed by atoms with van der Waals surface area (Å²) in [5.74, 6) is 3.00. The third kappa shape index (κ3) is 5.48. The Labute approximate surface area is 182 Å². The van der Waals surface area contributed by atoms with Crippen LogP contribution in [0.1, 0.15) is 32.1 Å². The summed E-state index contributed by atoms with van der Waals surface area (Å²) in [7, 11) is 0. The van der Waals surface area contributed by atoms with E-state index < -0.39 is 0 Å². The normalized spacial score (nSPS) is 24.3. The van der Waals surface area contributed by atoms with Gasteiger partial charge in [-0.3, -0.25) is 0 Å². The van der Waals surface area contributed by atoms with Gasteiger partial charge in [0.2, 0.25) is 0 Å². The van der Waals surface area contributed by atoms with E-state index in [0.29, 0.717) is 22.1 Å². The van der Waals surface area contributed by atoms with E-state index in [0.717, 1.165) is 31.0 Å². The number of halogens is 2. The molecule has 0 spiro atoms. The van der Waals surface area contributed by atoms with Gasteiger partial charge in [0.25, 0.3) is 0 Å². The van der Waals surface area contributed by atoms with Crippen LogP contribution in [0.2, 0.25) is 5.02 Å². The van der Waals surface area contributed by atoms with Gasteiger partial charge in [0.05, 0.1) is 10.7 Å². The molecule has 0 radical (unpaired) electrons. The molecule has 1 aliphatic carbocycles. The minimum absolute atomic E-state index is 0.300. The molecule has 0 unspecified atom stereocenters. The van der Waals surface area contributed by atoms with Crippen LogP contribution in [-0.2, 0) is 4.74 Å². The monoisotopic (exact) mass is 432 g/mol. The molecule has 1 aromatic heterocycles. The topological polar surface area (TPSA) is 64.3 Å². The third-order valence-corrected chi connectivity index (χ3v) is 6.86. The molecule has 2 aliphatic heterocycles. The van der Waals surface area contributed by atoms with E-state index in [1.54, 1.807) is 18.2 Å². The molecule has 0 bridgehead atoms. The number of likely N-dealkylation sites (tertiary alicyclic amines) is 1. The lowest BCUT2D eigenvalue weighted by molar-refractivity contribution is 0.0546. The highest BCUT2D eigenvalue weighted by Gasteiger charge is 2.36. The number of nitrogen functional groups attached to an aromatic ring is 1. The van der Waals surface area contributed by atoms with Gasteiger partial charge in [0, 0.05) is 38.4 Å². The summed E-state index contributed by atoms with van der Waals surface area (Å²) in [6.07, 6.45) is 7.11. The van der Waals surface area contributed by atoms with Crippen molar-refractivity contribution in [3.63, 3.8) is 0 Å². The molecule has 5 nitrogen and oxygen atoms in total. The summed E-state index contributed by atoms with van der Waals surface area (Å²) >= 11 is 5.86. The molecular formula is C23H30ClFN4O. The molecule has 3 aliphatic rings. The van der Waals surface area contributed by atoms with Gasteiger partial charge in [-0.2, -0.15) is 0 Å². The molecule has 5 rings (SSSR count). The maximum absolute atomic E-state index is 12.8. The van der Waals surface area contributed by atoms with E-state index in [9.17, 15) is 4.39 Å². The number of ether oxygens (including phenoxy) is 1. The third-order valence-electron chi connectivity index (χ3n) is 6.55. The predicted molar refractivity (Wildman–Crippen MR) is 118 cm³/mol. The number of rotatable bonds is 3. The minimum atomic E-state index is -0.382. The van der Waals surface area contributed by atoms with Crippen LogP contribution < -0.4 is 5.73 Å². The number of nitrogens with zero attached hydrogens (tertiary/aromatic N) is 3. The Kier molecular flexibility index (Phi) is 7.18. The molecular weight excluding hydrogens is 403 g/mol. The molecule has 3 fully saturated rings. The first kappa shape index (κ1) is 21.5. The fourth-order valence-corrected chi connectivity index (χ4v) is 5.22. The van der Waals surface area contributed by atoms with E-state index in [4.69, 9.17) is 22.1 Å². The fraction of sp³-hybridized carbons (Fsp3) is 0.565. The Morgan fingerprint density at radius 3 is 2.40 bits per heavy atom. The van der Waals surface area contributed by atoms with E-state index in [-0.39, 0.29) is 5.82 Å². The Morgan fingerprint density at radius 2 is 1.77 bits per heavy atom. The quantitative estimate of drug-likeness (QED) is 0.763. The van der Waals surface area contributed by atoms with Gasteiger partial charge in [-0.05, 0) is 73.8 Å². The van der Waals surface area contributed by atoms with Gasteiger partial charge in [0.15, 0.2) is 0 Å².